The number of terminal acetylenes is 1. The van der Waals surface area contributed by atoms with Crippen molar-refractivity contribution < 1.29 is 18.0 Å². The normalized spacial score (nSPS) is 18.3. The monoisotopic (exact) mass is 374 g/mol. The van der Waals surface area contributed by atoms with Gasteiger partial charge in [0.1, 0.15) is 4.90 Å². The van der Waals surface area contributed by atoms with Crippen LogP contribution < -0.4 is 5.32 Å². The number of hydrogen-bond acceptors (Lipinski definition) is 6. The Labute approximate surface area is 151 Å². The van der Waals surface area contributed by atoms with E-state index in [1.807, 2.05) is 0 Å². The lowest BCUT2D eigenvalue weighted by Crippen LogP contribution is -2.35. The molecule has 0 radical (unpaired) electrons. The summed E-state index contributed by atoms with van der Waals surface area (Å²) in [4.78, 5) is 24.2. The first-order chi connectivity index (χ1) is 12.4. The van der Waals surface area contributed by atoms with Crippen LogP contribution in [0.15, 0.2) is 39.4 Å². The van der Waals surface area contributed by atoms with Crippen LogP contribution >= 0.6 is 0 Å². The van der Waals surface area contributed by atoms with Gasteiger partial charge >= 0.3 is 0 Å². The van der Waals surface area contributed by atoms with Crippen molar-refractivity contribution in [2.24, 2.45) is 10.2 Å². The third-order valence-electron chi connectivity index (χ3n) is 4.35. The highest BCUT2D eigenvalue weighted by Crippen LogP contribution is 2.36. The molecule has 0 saturated carbocycles. The Morgan fingerprint density at radius 2 is 2.00 bits per heavy atom. The van der Waals surface area contributed by atoms with Crippen molar-refractivity contribution in [2.45, 2.75) is 36.2 Å². The van der Waals surface area contributed by atoms with Crippen molar-refractivity contribution in [1.82, 2.24) is 9.62 Å². The molecule has 2 aliphatic heterocycles. The van der Waals surface area contributed by atoms with E-state index >= 15 is 0 Å². The maximum absolute atomic E-state index is 12.4. The van der Waals surface area contributed by atoms with Crippen LogP contribution in [-0.4, -0.2) is 43.3 Å². The van der Waals surface area contributed by atoms with Crippen LogP contribution in [0, 0.1) is 12.3 Å². The van der Waals surface area contributed by atoms with E-state index in [2.05, 4.69) is 21.5 Å². The molecule has 0 fully saturated rings. The second-order valence-corrected chi connectivity index (χ2v) is 7.95. The molecule has 0 saturated heterocycles. The van der Waals surface area contributed by atoms with Gasteiger partial charge in [-0.05, 0) is 12.1 Å². The Kier molecular flexibility index (Phi) is 4.78. The van der Waals surface area contributed by atoms with Crippen molar-refractivity contribution in [2.75, 3.05) is 13.1 Å². The molecule has 0 unspecified atom stereocenters. The molecule has 1 aromatic carbocycles. The molecule has 8 nitrogen and oxygen atoms in total. The van der Waals surface area contributed by atoms with Gasteiger partial charge in [0.2, 0.25) is 5.91 Å². The number of rotatable bonds is 8. The van der Waals surface area contributed by atoms with Crippen LogP contribution in [0.5, 0.6) is 0 Å². The lowest BCUT2D eigenvalue weighted by atomic mass is 10.0. The molecule has 0 spiro atoms. The second-order valence-electron chi connectivity index (χ2n) is 6.12. The first-order valence-electron chi connectivity index (χ1n) is 8.20. The van der Waals surface area contributed by atoms with E-state index in [4.69, 9.17) is 6.42 Å². The quantitative estimate of drug-likeness (QED) is 0.692. The van der Waals surface area contributed by atoms with E-state index in [1.165, 1.54) is 12.1 Å². The predicted octanol–water partition coefficient (Wildman–Crippen LogP) is 1.30. The van der Waals surface area contributed by atoms with Gasteiger partial charge in [-0.3, -0.25) is 9.59 Å². The third kappa shape index (κ3) is 3.46. The van der Waals surface area contributed by atoms with Crippen LogP contribution in [-0.2, 0) is 14.8 Å². The highest BCUT2D eigenvalue weighted by Gasteiger charge is 2.41. The van der Waals surface area contributed by atoms with Crippen LogP contribution in [0.25, 0.3) is 0 Å². The summed E-state index contributed by atoms with van der Waals surface area (Å²) in [5, 5.41) is 10.6. The number of benzene rings is 1. The van der Waals surface area contributed by atoms with Crippen molar-refractivity contribution in [3.05, 3.63) is 29.8 Å². The minimum Gasteiger partial charge on any atom is -0.356 e. The lowest BCUT2D eigenvalue weighted by molar-refractivity contribution is -0.121. The molecule has 2 amide bonds. The molecule has 136 valence electrons. The van der Waals surface area contributed by atoms with Gasteiger partial charge in [0.05, 0.1) is 5.56 Å². The number of carbonyl (C=O) groups excluding carboxylic acids is 2. The van der Waals surface area contributed by atoms with Crippen molar-refractivity contribution >= 4 is 21.8 Å². The summed E-state index contributed by atoms with van der Waals surface area (Å²) in [7, 11) is -3.88. The molecule has 1 N–H and O–H groups in total. The maximum Gasteiger partial charge on any atom is 0.269 e. The molecule has 9 heteroatoms. The highest BCUT2D eigenvalue weighted by atomic mass is 32.2. The third-order valence-corrected chi connectivity index (χ3v) is 6.19. The first kappa shape index (κ1) is 18.1. The molecule has 0 atom stereocenters. The van der Waals surface area contributed by atoms with Gasteiger partial charge in [-0.2, -0.15) is 10.2 Å². The zero-order valence-electron chi connectivity index (χ0n) is 14.0. The number of sulfonamides is 1. The van der Waals surface area contributed by atoms with Gasteiger partial charge in [-0.15, -0.1) is 12.3 Å². The molecule has 3 rings (SSSR count). The molecule has 2 aliphatic rings. The topological polar surface area (TPSA) is 108 Å². The lowest BCUT2D eigenvalue weighted by Gasteiger charge is -2.15. The molecule has 0 bridgehead atoms. The molecule has 0 aromatic heterocycles. The standard InChI is InChI=1S/C17H18N4O4S/c1-2-3-9-17(19-20-17)10-11-18-15(22)8-12-21-16(23)13-6-4-5-7-14(13)26(21,24)25/h1,4-7H,3,8-12H2,(H,18,22). The van der Waals surface area contributed by atoms with Gasteiger partial charge in [-0.25, -0.2) is 12.7 Å². The molecule has 0 aliphatic carbocycles. The number of hydrogen-bond donors (Lipinski definition) is 1. The predicted molar refractivity (Wildman–Crippen MR) is 92.6 cm³/mol. The summed E-state index contributed by atoms with van der Waals surface area (Å²) < 4.78 is 25.5. The van der Waals surface area contributed by atoms with E-state index in [0.29, 0.717) is 25.8 Å². The van der Waals surface area contributed by atoms with Gasteiger partial charge in [0.25, 0.3) is 15.9 Å². The van der Waals surface area contributed by atoms with Crippen LogP contribution in [0.3, 0.4) is 0 Å². The van der Waals surface area contributed by atoms with E-state index in [9.17, 15) is 18.0 Å². The Morgan fingerprint density at radius 3 is 2.65 bits per heavy atom. The molecular weight excluding hydrogens is 356 g/mol. The number of carbonyl (C=O) groups is 2. The fourth-order valence-electron chi connectivity index (χ4n) is 2.81. The van der Waals surface area contributed by atoms with Gasteiger partial charge in [-0.1, -0.05) is 12.1 Å². The average molecular weight is 374 g/mol. The Balaban J connectivity index is 1.48. The van der Waals surface area contributed by atoms with Crippen molar-refractivity contribution in [3.8, 4) is 12.3 Å². The Hall–Kier alpha value is -2.73. The Bertz CT molecular complexity index is 911. The largest absolute Gasteiger partial charge is 0.356 e. The van der Waals surface area contributed by atoms with E-state index in [0.717, 1.165) is 4.31 Å². The number of amides is 2. The number of nitrogens with zero attached hydrogens (tertiary/aromatic N) is 3. The smallest absolute Gasteiger partial charge is 0.269 e. The molecule has 1 aromatic rings. The number of fused-ring (bicyclic) bond motifs is 1. The SMILES string of the molecule is C#CCCC1(CCNC(=O)CCN2C(=O)c3ccccc3S2(=O)=O)N=N1. The van der Waals surface area contributed by atoms with Crippen LogP contribution in [0.1, 0.15) is 36.0 Å². The first-order valence-corrected chi connectivity index (χ1v) is 9.64. The van der Waals surface area contributed by atoms with E-state index < -0.39 is 21.6 Å². The van der Waals surface area contributed by atoms with E-state index in [-0.39, 0.29) is 29.3 Å². The summed E-state index contributed by atoms with van der Waals surface area (Å²) in [6.45, 7) is 0.163. The van der Waals surface area contributed by atoms with Gasteiger partial charge in [0, 0.05) is 38.8 Å². The fourth-order valence-corrected chi connectivity index (χ4v) is 4.38. The Morgan fingerprint density at radius 1 is 1.27 bits per heavy atom. The summed E-state index contributed by atoms with van der Waals surface area (Å²) in [6.07, 6.45) is 6.88. The van der Waals surface area contributed by atoms with Crippen LogP contribution in [0.2, 0.25) is 0 Å². The summed E-state index contributed by atoms with van der Waals surface area (Å²) in [5.41, 5.74) is -0.337. The number of nitrogens with one attached hydrogen (secondary N) is 1. The average Bonchev–Trinajstić information content (AvgIpc) is 3.36. The van der Waals surface area contributed by atoms with Crippen LogP contribution in [0.4, 0.5) is 0 Å². The molecule has 26 heavy (non-hydrogen) atoms. The molecule has 2 heterocycles. The summed E-state index contributed by atoms with van der Waals surface area (Å²) >= 11 is 0. The summed E-state index contributed by atoms with van der Waals surface area (Å²) in [5.74, 6) is 1.60. The second kappa shape index (κ2) is 6.88. The zero-order valence-corrected chi connectivity index (χ0v) is 14.8. The molecular formula is C17H18N4O4S. The van der Waals surface area contributed by atoms with E-state index in [1.54, 1.807) is 12.1 Å². The zero-order chi connectivity index (χ0) is 18.8. The summed E-state index contributed by atoms with van der Waals surface area (Å²) in [6, 6.07) is 6.02. The van der Waals surface area contributed by atoms with Crippen molar-refractivity contribution in [1.29, 1.82) is 0 Å². The van der Waals surface area contributed by atoms with Gasteiger partial charge < -0.3 is 5.32 Å². The van der Waals surface area contributed by atoms with Crippen molar-refractivity contribution in [3.63, 3.8) is 0 Å². The van der Waals surface area contributed by atoms with Gasteiger partial charge in [0.15, 0.2) is 5.66 Å². The minimum absolute atomic E-state index is 0.0159. The highest BCUT2D eigenvalue weighted by molar-refractivity contribution is 7.90. The fraction of sp³-hybridized carbons (Fsp3) is 0.412. The maximum atomic E-state index is 12.4. The minimum atomic E-state index is -3.88.